The molecule has 0 saturated carbocycles. The highest BCUT2D eigenvalue weighted by molar-refractivity contribution is 5.70. The van der Waals surface area contributed by atoms with Gasteiger partial charge in [0, 0.05) is 19.3 Å². The molecule has 1 heterocycles. The molecule has 2 N–H and O–H groups in total. The highest BCUT2D eigenvalue weighted by atomic mass is 16.1. The van der Waals surface area contributed by atoms with Crippen LogP contribution in [-0.2, 0) is 4.79 Å². The van der Waals surface area contributed by atoms with Gasteiger partial charge in [0.2, 0.25) is 5.91 Å². The average Bonchev–Trinajstić information content (AvgIpc) is 2.10. The summed E-state index contributed by atoms with van der Waals surface area (Å²) in [5, 5.41) is 0. The molecule has 1 rings (SSSR count). The number of carbonyl (C=O) groups is 1. The molecule has 12 heavy (non-hydrogen) atoms. The Hall–Kier alpha value is -1.38. The second-order valence-corrected chi connectivity index (χ2v) is 1.64. The molecule has 0 radical (unpaired) electrons. The van der Waals surface area contributed by atoms with Crippen LogP contribution in [0.4, 0.5) is 0 Å². The number of hydrogen-bond acceptors (Lipinski definition) is 2. The number of nitrogens with zero attached hydrogens (tertiary/aromatic N) is 1. The molecule has 0 aromatic carbocycles. The van der Waals surface area contributed by atoms with Crippen LogP contribution in [0.15, 0.2) is 30.6 Å². The van der Waals surface area contributed by atoms with Crippen LogP contribution in [0.25, 0.3) is 0 Å². The minimum absolute atomic E-state index is 0.333. The first-order chi connectivity index (χ1) is 5.73. The van der Waals surface area contributed by atoms with Crippen LogP contribution in [-0.4, -0.2) is 10.9 Å². The average molecular weight is 168 g/mol. The molecular formula is C9H16N2O. The SMILES string of the molecule is CC.CC(N)=O.c1ccncc1. The highest BCUT2D eigenvalue weighted by Crippen LogP contribution is 1.73. The Morgan fingerprint density at radius 3 is 1.58 bits per heavy atom. The molecule has 0 aliphatic rings. The predicted molar refractivity (Wildman–Crippen MR) is 50.5 cm³/mol. The zero-order valence-corrected chi connectivity index (χ0v) is 7.82. The van der Waals surface area contributed by atoms with Crippen LogP contribution in [0.1, 0.15) is 20.8 Å². The number of pyridine rings is 1. The molecule has 1 amide bonds. The van der Waals surface area contributed by atoms with Gasteiger partial charge in [-0.2, -0.15) is 0 Å². The van der Waals surface area contributed by atoms with Gasteiger partial charge in [-0.25, -0.2) is 0 Å². The first kappa shape index (κ1) is 13.2. The Morgan fingerprint density at radius 2 is 1.50 bits per heavy atom. The molecule has 0 saturated heterocycles. The van der Waals surface area contributed by atoms with Gasteiger partial charge >= 0.3 is 0 Å². The minimum Gasteiger partial charge on any atom is -0.370 e. The fraction of sp³-hybridized carbons (Fsp3) is 0.333. The Bertz CT molecular complexity index is 144. The standard InChI is InChI=1S/C5H5N.C2H5NO.C2H6/c1-2-4-6-5-3-1;1-2(3)4;1-2/h1-5H;1H3,(H2,3,4);1-2H3. The van der Waals surface area contributed by atoms with E-state index in [4.69, 9.17) is 0 Å². The number of hydrogen-bond donors (Lipinski definition) is 1. The first-order valence-electron chi connectivity index (χ1n) is 3.84. The van der Waals surface area contributed by atoms with Crippen molar-refractivity contribution in [3.8, 4) is 0 Å². The molecule has 0 aliphatic carbocycles. The maximum Gasteiger partial charge on any atom is 0.214 e. The molecule has 0 fully saturated rings. The van der Waals surface area contributed by atoms with Crippen molar-refractivity contribution in [2.75, 3.05) is 0 Å². The van der Waals surface area contributed by atoms with Gasteiger partial charge < -0.3 is 5.73 Å². The van der Waals surface area contributed by atoms with Gasteiger partial charge in [-0.15, -0.1) is 0 Å². The molecule has 1 aromatic rings. The van der Waals surface area contributed by atoms with E-state index in [0.29, 0.717) is 0 Å². The number of amides is 1. The third-order valence-electron chi connectivity index (χ3n) is 0.566. The lowest BCUT2D eigenvalue weighted by molar-refractivity contribution is -0.115. The Balaban J connectivity index is 0. The summed E-state index contributed by atoms with van der Waals surface area (Å²) in [6.07, 6.45) is 3.50. The van der Waals surface area contributed by atoms with Gasteiger partial charge in [-0.05, 0) is 12.1 Å². The quantitative estimate of drug-likeness (QED) is 0.639. The van der Waals surface area contributed by atoms with Crippen molar-refractivity contribution in [1.29, 1.82) is 0 Å². The molecule has 0 aliphatic heterocycles. The Labute approximate surface area is 73.6 Å². The second-order valence-electron chi connectivity index (χ2n) is 1.64. The molecule has 0 atom stereocenters. The van der Waals surface area contributed by atoms with E-state index < -0.39 is 0 Å². The van der Waals surface area contributed by atoms with Gasteiger partial charge in [0.05, 0.1) is 0 Å². The molecular weight excluding hydrogens is 152 g/mol. The lowest BCUT2D eigenvalue weighted by Crippen LogP contribution is -2.01. The van der Waals surface area contributed by atoms with Crippen molar-refractivity contribution >= 4 is 5.91 Å². The number of carbonyl (C=O) groups excluding carboxylic acids is 1. The van der Waals surface area contributed by atoms with E-state index in [-0.39, 0.29) is 5.91 Å². The smallest absolute Gasteiger partial charge is 0.214 e. The number of rotatable bonds is 0. The normalized spacial score (nSPS) is 6.58. The third kappa shape index (κ3) is 23.4. The van der Waals surface area contributed by atoms with E-state index in [1.807, 2.05) is 32.0 Å². The first-order valence-corrected chi connectivity index (χ1v) is 3.84. The summed E-state index contributed by atoms with van der Waals surface area (Å²) in [7, 11) is 0. The van der Waals surface area contributed by atoms with Crippen LogP contribution in [0.5, 0.6) is 0 Å². The van der Waals surface area contributed by atoms with Gasteiger partial charge in [0.15, 0.2) is 0 Å². The number of nitrogens with two attached hydrogens (primary N) is 1. The second kappa shape index (κ2) is 12.3. The van der Waals surface area contributed by atoms with E-state index >= 15 is 0 Å². The van der Waals surface area contributed by atoms with Crippen molar-refractivity contribution in [3.63, 3.8) is 0 Å². The summed E-state index contributed by atoms with van der Waals surface area (Å²) < 4.78 is 0. The minimum atomic E-state index is -0.333. The molecule has 0 unspecified atom stereocenters. The van der Waals surface area contributed by atoms with E-state index in [1.54, 1.807) is 12.4 Å². The van der Waals surface area contributed by atoms with E-state index in [1.165, 1.54) is 6.92 Å². The maximum absolute atomic E-state index is 9.22. The molecule has 0 bridgehead atoms. The van der Waals surface area contributed by atoms with Crippen molar-refractivity contribution in [3.05, 3.63) is 30.6 Å². The lowest BCUT2D eigenvalue weighted by atomic mass is 10.5. The maximum atomic E-state index is 9.22. The predicted octanol–water partition coefficient (Wildman–Crippen LogP) is 1.60. The van der Waals surface area contributed by atoms with Crippen LogP contribution < -0.4 is 5.73 Å². The largest absolute Gasteiger partial charge is 0.370 e. The van der Waals surface area contributed by atoms with Gasteiger partial charge in [0.1, 0.15) is 0 Å². The third-order valence-corrected chi connectivity index (χ3v) is 0.566. The topological polar surface area (TPSA) is 56.0 Å². The van der Waals surface area contributed by atoms with Crippen LogP contribution in [0.3, 0.4) is 0 Å². The fourth-order valence-corrected chi connectivity index (χ4v) is 0.313. The molecule has 68 valence electrons. The van der Waals surface area contributed by atoms with Crippen LogP contribution >= 0.6 is 0 Å². The summed E-state index contributed by atoms with van der Waals surface area (Å²) in [6, 6.07) is 5.72. The van der Waals surface area contributed by atoms with Crippen molar-refractivity contribution < 1.29 is 4.79 Å². The zero-order chi connectivity index (χ0) is 9.82. The van der Waals surface area contributed by atoms with E-state index in [9.17, 15) is 4.79 Å². The van der Waals surface area contributed by atoms with Gasteiger partial charge in [0.25, 0.3) is 0 Å². The molecule has 3 heteroatoms. The number of primary amides is 1. The molecule has 3 nitrogen and oxygen atoms in total. The van der Waals surface area contributed by atoms with Gasteiger partial charge in [-0.1, -0.05) is 19.9 Å². The van der Waals surface area contributed by atoms with E-state index in [0.717, 1.165) is 0 Å². The monoisotopic (exact) mass is 168 g/mol. The fourth-order valence-electron chi connectivity index (χ4n) is 0.313. The Morgan fingerprint density at radius 1 is 1.17 bits per heavy atom. The summed E-state index contributed by atoms with van der Waals surface area (Å²) in [5.41, 5.74) is 4.47. The van der Waals surface area contributed by atoms with Gasteiger partial charge in [-0.3, -0.25) is 9.78 Å². The summed E-state index contributed by atoms with van der Waals surface area (Å²) >= 11 is 0. The molecule has 1 aromatic heterocycles. The zero-order valence-electron chi connectivity index (χ0n) is 7.82. The van der Waals surface area contributed by atoms with Crippen LogP contribution in [0, 0.1) is 0 Å². The van der Waals surface area contributed by atoms with Crippen molar-refractivity contribution in [1.82, 2.24) is 4.98 Å². The summed E-state index contributed by atoms with van der Waals surface area (Å²) in [6.45, 7) is 5.31. The summed E-state index contributed by atoms with van der Waals surface area (Å²) in [5.74, 6) is -0.333. The van der Waals surface area contributed by atoms with Crippen molar-refractivity contribution in [2.24, 2.45) is 5.73 Å². The summed E-state index contributed by atoms with van der Waals surface area (Å²) in [4.78, 5) is 13.0. The highest BCUT2D eigenvalue weighted by Gasteiger charge is 1.61. The van der Waals surface area contributed by atoms with Crippen LogP contribution in [0.2, 0.25) is 0 Å². The number of aromatic nitrogens is 1. The van der Waals surface area contributed by atoms with Crippen molar-refractivity contribution in [2.45, 2.75) is 20.8 Å². The lowest BCUT2D eigenvalue weighted by Gasteiger charge is -1.70. The molecule has 0 spiro atoms. The van der Waals surface area contributed by atoms with E-state index in [2.05, 4.69) is 10.7 Å². The Kier molecular flexibility index (Phi) is 13.6.